The van der Waals surface area contributed by atoms with E-state index in [4.69, 9.17) is 4.74 Å². The van der Waals surface area contributed by atoms with Crippen LogP contribution in [0.4, 0.5) is 0 Å². The summed E-state index contributed by atoms with van der Waals surface area (Å²) in [6, 6.07) is 7.45. The number of rotatable bonds is 6. The molecule has 1 aromatic rings. The third-order valence-electron chi connectivity index (χ3n) is 4.28. The predicted octanol–water partition coefficient (Wildman–Crippen LogP) is 4.27. The first-order valence-electron chi connectivity index (χ1n) is 8.07. The summed E-state index contributed by atoms with van der Waals surface area (Å²) in [6.07, 6.45) is 8.51. The Balaban J connectivity index is 2.11. The molecule has 118 valence electrons. The van der Waals surface area contributed by atoms with Gasteiger partial charge in [0.15, 0.2) is 5.78 Å². The highest BCUT2D eigenvalue weighted by Crippen LogP contribution is 2.33. The molecule has 1 fully saturated rings. The first kappa shape index (κ1) is 16.5. The van der Waals surface area contributed by atoms with Crippen molar-refractivity contribution in [2.75, 3.05) is 6.61 Å². The maximum absolute atomic E-state index is 12.2. The smallest absolute Gasteiger partial charge is 0.313 e. The topological polar surface area (TPSA) is 43.4 Å². The molecule has 0 heterocycles. The van der Waals surface area contributed by atoms with Gasteiger partial charge < -0.3 is 4.74 Å². The summed E-state index contributed by atoms with van der Waals surface area (Å²) in [7, 11) is 0. The minimum Gasteiger partial charge on any atom is -0.466 e. The number of esters is 1. The zero-order chi connectivity index (χ0) is 15.9. The molecule has 1 aromatic carbocycles. The lowest BCUT2D eigenvalue weighted by molar-refractivity contribution is -0.147. The molecule has 0 amide bonds. The van der Waals surface area contributed by atoms with Crippen LogP contribution in [0.1, 0.15) is 55.5 Å². The molecule has 0 unspecified atom stereocenters. The average Bonchev–Trinajstić information content (AvgIpc) is 3.02. The van der Waals surface area contributed by atoms with E-state index < -0.39 is 0 Å². The van der Waals surface area contributed by atoms with Crippen LogP contribution < -0.4 is 0 Å². The van der Waals surface area contributed by atoms with E-state index in [1.54, 1.807) is 6.92 Å². The molecule has 0 aromatic heterocycles. The Kier molecular flexibility index (Phi) is 5.93. The Hall–Kier alpha value is -1.90. The van der Waals surface area contributed by atoms with Gasteiger partial charge in [-0.3, -0.25) is 9.59 Å². The van der Waals surface area contributed by atoms with Crippen molar-refractivity contribution in [1.82, 2.24) is 0 Å². The predicted molar refractivity (Wildman–Crippen MR) is 87.6 cm³/mol. The summed E-state index contributed by atoms with van der Waals surface area (Å²) in [6.45, 7) is 3.82. The molecule has 3 nitrogen and oxygen atoms in total. The highest BCUT2D eigenvalue weighted by atomic mass is 16.5. The van der Waals surface area contributed by atoms with Gasteiger partial charge in [0.05, 0.1) is 12.5 Å². The summed E-state index contributed by atoms with van der Waals surface area (Å²) >= 11 is 0. The molecule has 0 saturated heterocycles. The van der Waals surface area contributed by atoms with E-state index in [1.165, 1.54) is 12.8 Å². The number of carbonyl (C=O) groups is 2. The second kappa shape index (κ2) is 7.92. The van der Waals surface area contributed by atoms with E-state index in [0.717, 1.165) is 18.4 Å². The number of benzene rings is 1. The van der Waals surface area contributed by atoms with Crippen LogP contribution in [0.15, 0.2) is 30.3 Å². The number of Topliss-reactive ketones (excluding diaryl/α,β-unsaturated/α-hetero) is 1. The van der Waals surface area contributed by atoms with Gasteiger partial charge in [0.1, 0.15) is 0 Å². The highest BCUT2D eigenvalue weighted by molar-refractivity contribution is 5.94. The van der Waals surface area contributed by atoms with Crippen LogP contribution in [0, 0.1) is 11.8 Å². The number of ether oxygens (including phenoxy) is 1. The first-order chi connectivity index (χ1) is 10.6. The maximum Gasteiger partial charge on any atom is 0.313 e. The van der Waals surface area contributed by atoms with Crippen molar-refractivity contribution in [3.05, 3.63) is 41.5 Å². The van der Waals surface area contributed by atoms with Crippen molar-refractivity contribution in [2.24, 2.45) is 11.8 Å². The Bertz CT molecular complexity index is 536. The normalized spacial score (nSPS) is 16.8. The van der Waals surface area contributed by atoms with Gasteiger partial charge >= 0.3 is 5.97 Å². The molecule has 2 rings (SSSR count). The zero-order valence-electron chi connectivity index (χ0n) is 13.4. The lowest BCUT2D eigenvalue weighted by atomic mass is 9.90. The fourth-order valence-corrected chi connectivity index (χ4v) is 3.03. The van der Waals surface area contributed by atoms with Gasteiger partial charge in [-0.2, -0.15) is 0 Å². The lowest BCUT2D eigenvalue weighted by Crippen LogP contribution is -2.22. The van der Waals surface area contributed by atoms with E-state index in [0.29, 0.717) is 18.1 Å². The summed E-state index contributed by atoms with van der Waals surface area (Å²) < 4.78 is 5.22. The minimum absolute atomic E-state index is 0.0610. The highest BCUT2D eigenvalue weighted by Gasteiger charge is 2.29. The monoisotopic (exact) mass is 300 g/mol. The van der Waals surface area contributed by atoms with Crippen LogP contribution in [-0.4, -0.2) is 18.4 Å². The number of hydrogen-bond donors (Lipinski definition) is 0. The Morgan fingerprint density at radius 3 is 2.41 bits per heavy atom. The molecule has 0 aliphatic heterocycles. The largest absolute Gasteiger partial charge is 0.466 e. The average molecular weight is 300 g/mol. The van der Waals surface area contributed by atoms with Crippen LogP contribution in [0.2, 0.25) is 0 Å². The van der Waals surface area contributed by atoms with Gasteiger partial charge in [-0.15, -0.1) is 0 Å². The molecule has 1 aliphatic rings. The van der Waals surface area contributed by atoms with Crippen molar-refractivity contribution in [3.8, 4) is 0 Å². The van der Waals surface area contributed by atoms with Crippen molar-refractivity contribution in [3.63, 3.8) is 0 Å². The second-order valence-electron chi connectivity index (χ2n) is 5.86. The molecule has 1 atom stereocenters. The molecule has 22 heavy (non-hydrogen) atoms. The molecular formula is C19H24O3. The van der Waals surface area contributed by atoms with Gasteiger partial charge in [-0.1, -0.05) is 49.3 Å². The molecule has 0 bridgehead atoms. The van der Waals surface area contributed by atoms with Crippen LogP contribution in [0.5, 0.6) is 0 Å². The molecule has 0 N–H and O–H groups in total. The van der Waals surface area contributed by atoms with Crippen molar-refractivity contribution in [2.45, 2.75) is 39.5 Å². The van der Waals surface area contributed by atoms with Crippen LogP contribution in [-0.2, 0) is 9.53 Å². The summed E-state index contributed by atoms with van der Waals surface area (Å²) in [5.74, 6) is 0.179. The Labute approximate surface area is 132 Å². The van der Waals surface area contributed by atoms with Crippen molar-refractivity contribution >= 4 is 17.8 Å². The summed E-state index contributed by atoms with van der Waals surface area (Å²) in [4.78, 5) is 23.5. The van der Waals surface area contributed by atoms with Gasteiger partial charge in [-0.05, 0) is 38.2 Å². The quantitative estimate of drug-likeness (QED) is 0.582. The summed E-state index contributed by atoms with van der Waals surface area (Å²) in [5, 5.41) is 0. The number of ketones is 1. The molecule has 3 heteroatoms. The minimum atomic E-state index is -0.157. The van der Waals surface area contributed by atoms with E-state index in [-0.39, 0.29) is 17.7 Å². The fraction of sp³-hybridized carbons (Fsp3) is 0.474. The van der Waals surface area contributed by atoms with Crippen LogP contribution >= 0.6 is 0 Å². The molecule has 1 aliphatic carbocycles. The second-order valence-corrected chi connectivity index (χ2v) is 5.86. The Morgan fingerprint density at radius 2 is 1.86 bits per heavy atom. The fourth-order valence-electron chi connectivity index (χ4n) is 3.03. The summed E-state index contributed by atoms with van der Waals surface area (Å²) in [5.41, 5.74) is 1.70. The first-order valence-corrected chi connectivity index (χ1v) is 8.07. The van der Waals surface area contributed by atoms with Crippen molar-refractivity contribution < 1.29 is 14.3 Å². The molecule has 0 spiro atoms. The van der Waals surface area contributed by atoms with Gasteiger partial charge in [0.25, 0.3) is 0 Å². The van der Waals surface area contributed by atoms with E-state index >= 15 is 0 Å². The number of hydrogen-bond acceptors (Lipinski definition) is 3. The zero-order valence-corrected chi connectivity index (χ0v) is 13.4. The SMILES string of the molecule is CCOC(=O)[C@@H](/C=C/c1ccc(C(C)=O)cc1)C1CCCC1. The van der Waals surface area contributed by atoms with Crippen LogP contribution in [0.3, 0.4) is 0 Å². The van der Waals surface area contributed by atoms with E-state index in [2.05, 4.69) is 0 Å². The van der Waals surface area contributed by atoms with Crippen LogP contribution in [0.25, 0.3) is 6.08 Å². The third kappa shape index (κ3) is 4.30. The van der Waals surface area contributed by atoms with E-state index in [9.17, 15) is 9.59 Å². The standard InChI is InChI=1S/C19H24O3/c1-3-22-19(21)18(17-6-4-5-7-17)13-10-15-8-11-16(12-9-15)14(2)20/h8-13,17-18H,3-7H2,1-2H3/b13-10+/t18-/m0/s1. The van der Waals surface area contributed by atoms with Gasteiger partial charge in [0.2, 0.25) is 0 Å². The number of carbonyl (C=O) groups excluding carboxylic acids is 2. The molecule has 1 saturated carbocycles. The maximum atomic E-state index is 12.2. The molecular weight excluding hydrogens is 276 g/mol. The van der Waals surface area contributed by atoms with Gasteiger partial charge in [0, 0.05) is 5.56 Å². The van der Waals surface area contributed by atoms with Crippen molar-refractivity contribution in [1.29, 1.82) is 0 Å². The Morgan fingerprint density at radius 1 is 1.23 bits per heavy atom. The molecule has 0 radical (unpaired) electrons. The van der Waals surface area contributed by atoms with Gasteiger partial charge in [-0.25, -0.2) is 0 Å². The third-order valence-corrected chi connectivity index (χ3v) is 4.28. The lowest BCUT2D eigenvalue weighted by Gasteiger charge is -2.18. The van der Waals surface area contributed by atoms with E-state index in [1.807, 2.05) is 43.3 Å².